The van der Waals surface area contributed by atoms with Crippen LogP contribution in [-0.4, -0.2) is 40.0 Å². The molecule has 0 saturated carbocycles. The van der Waals surface area contributed by atoms with Gasteiger partial charge in [-0.15, -0.1) is 0 Å². The topological polar surface area (TPSA) is 59.1 Å². The SMILES string of the molecule is O=C(CC1Sc2ncccc2CC1=O)NCC1CCSCC1. The molecule has 1 unspecified atom stereocenters. The van der Waals surface area contributed by atoms with Gasteiger partial charge in [-0.25, -0.2) is 4.98 Å². The van der Waals surface area contributed by atoms with Gasteiger partial charge in [-0.05, 0) is 41.9 Å². The van der Waals surface area contributed by atoms with Gasteiger partial charge in [0, 0.05) is 25.6 Å². The first-order valence-corrected chi connectivity index (χ1v) is 9.73. The minimum Gasteiger partial charge on any atom is -0.356 e. The summed E-state index contributed by atoms with van der Waals surface area (Å²) < 4.78 is 0. The molecule has 0 spiro atoms. The van der Waals surface area contributed by atoms with Crippen molar-refractivity contribution in [3.63, 3.8) is 0 Å². The molecule has 1 amide bonds. The second-order valence-corrected chi connectivity index (χ2v) is 8.20. The Morgan fingerprint density at radius 1 is 1.36 bits per heavy atom. The van der Waals surface area contributed by atoms with Crippen LogP contribution in [0.1, 0.15) is 24.8 Å². The second kappa shape index (κ2) is 7.51. The average molecular weight is 336 g/mol. The number of pyridine rings is 1. The number of ketones is 1. The van der Waals surface area contributed by atoms with Crippen LogP contribution in [0.4, 0.5) is 0 Å². The van der Waals surface area contributed by atoms with Crippen LogP contribution in [0.25, 0.3) is 0 Å². The summed E-state index contributed by atoms with van der Waals surface area (Å²) in [5.41, 5.74) is 0.980. The Morgan fingerprint density at radius 3 is 3.00 bits per heavy atom. The van der Waals surface area contributed by atoms with Crippen LogP contribution in [-0.2, 0) is 16.0 Å². The monoisotopic (exact) mass is 336 g/mol. The predicted octanol–water partition coefficient (Wildman–Crippen LogP) is 2.32. The quantitative estimate of drug-likeness (QED) is 0.914. The van der Waals surface area contributed by atoms with Gasteiger partial charge in [0.1, 0.15) is 5.03 Å². The summed E-state index contributed by atoms with van der Waals surface area (Å²) in [4.78, 5) is 28.6. The van der Waals surface area contributed by atoms with Crippen LogP contribution >= 0.6 is 23.5 Å². The Hall–Kier alpha value is -1.01. The molecule has 2 aliphatic rings. The smallest absolute Gasteiger partial charge is 0.221 e. The van der Waals surface area contributed by atoms with Gasteiger partial charge in [-0.3, -0.25) is 9.59 Å². The van der Waals surface area contributed by atoms with Crippen LogP contribution in [0.3, 0.4) is 0 Å². The molecule has 0 radical (unpaired) electrons. The second-order valence-electron chi connectivity index (χ2n) is 5.78. The van der Waals surface area contributed by atoms with Crippen LogP contribution in [0.15, 0.2) is 23.4 Å². The van der Waals surface area contributed by atoms with Crippen LogP contribution in [0.2, 0.25) is 0 Å². The van der Waals surface area contributed by atoms with Gasteiger partial charge in [-0.2, -0.15) is 11.8 Å². The number of carbonyl (C=O) groups excluding carboxylic acids is 2. The Bertz CT molecular complexity index is 559. The number of aromatic nitrogens is 1. The molecule has 1 saturated heterocycles. The molecule has 22 heavy (non-hydrogen) atoms. The zero-order valence-electron chi connectivity index (χ0n) is 12.4. The molecular weight excluding hydrogens is 316 g/mol. The molecule has 3 heterocycles. The van der Waals surface area contributed by atoms with Gasteiger partial charge < -0.3 is 5.32 Å². The van der Waals surface area contributed by atoms with E-state index in [0.717, 1.165) is 17.1 Å². The average Bonchev–Trinajstić information content (AvgIpc) is 2.55. The number of fused-ring (bicyclic) bond motifs is 1. The van der Waals surface area contributed by atoms with Crippen molar-refractivity contribution in [2.24, 2.45) is 5.92 Å². The molecule has 4 nitrogen and oxygen atoms in total. The summed E-state index contributed by atoms with van der Waals surface area (Å²) in [5, 5.41) is 3.62. The summed E-state index contributed by atoms with van der Waals surface area (Å²) in [6.45, 7) is 0.750. The Kier molecular flexibility index (Phi) is 5.41. The molecule has 118 valence electrons. The molecule has 1 aromatic rings. The lowest BCUT2D eigenvalue weighted by atomic mass is 10.0. The molecule has 1 fully saturated rings. The molecule has 6 heteroatoms. The van der Waals surface area contributed by atoms with E-state index >= 15 is 0 Å². The lowest BCUT2D eigenvalue weighted by Crippen LogP contribution is -2.35. The van der Waals surface area contributed by atoms with E-state index in [0.29, 0.717) is 12.3 Å². The highest BCUT2D eigenvalue weighted by molar-refractivity contribution is 8.00. The largest absolute Gasteiger partial charge is 0.356 e. The number of thioether (sulfide) groups is 2. The van der Waals surface area contributed by atoms with Crippen molar-refractivity contribution >= 4 is 35.2 Å². The zero-order chi connectivity index (χ0) is 15.4. The van der Waals surface area contributed by atoms with Crippen molar-refractivity contribution in [2.45, 2.75) is 36.0 Å². The lowest BCUT2D eigenvalue weighted by Gasteiger charge is -2.23. The van der Waals surface area contributed by atoms with E-state index in [1.54, 1.807) is 6.20 Å². The number of carbonyl (C=O) groups is 2. The van der Waals surface area contributed by atoms with Crippen LogP contribution in [0.5, 0.6) is 0 Å². The number of nitrogens with zero attached hydrogens (tertiary/aromatic N) is 1. The molecule has 2 aliphatic heterocycles. The predicted molar refractivity (Wildman–Crippen MR) is 90.3 cm³/mol. The van der Waals surface area contributed by atoms with E-state index in [1.165, 1.54) is 36.1 Å². The third-order valence-corrected chi connectivity index (χ3v) is 6.48. The Balaban J connectivity index is 1.50. The minimum atomic E-state index is -0.288. The molecule has 0 bridgehead atoms. The summed E-state index contributed by atoms with van der Waals surface area (Å²) in [6.07, 6.45) is 4.76. The number of nitrogens with one attached hydrogen (secondary N) is 1. The van der Waals surface area contributed by atoms with Gasteiger partial charge in [0.15, 0.2) is 5.78 Å². The number of Topliss-reactive ketones (excluding diaryl/α,β-unsaturated/α-hetero) is 1. The van der Waals surface area contributed by atoms with Crippen molar-refractivity contribution in [2.75, 3.05) is 18.1 Å². The van der Waals surface area contributed by atoms with E-state index < -0.39 is 0 Å². The molecule has 1 atom stereocenters. The van der Waals surface area contributed by atoms with Crippen molar-refractivity contribution in [3.05, 3.63) is 23.9 Å². The molecule has 1 aromatic heterocycles. The Morgan fingerprint density at radius 2 is 2.18 bits per heavy atom. The van der Waals surface area contributed by atoms with E-state index in [-0.39, 0.29) is 23.4 Å². The summed E-state index contributed by atoms with van der Waals surface area (Å²) in [6, 6.07) is 3.78. The van der Waals surface area contributed by atoms with Crippen molar-refractivity contribution in [1.82, 2.24) is 10.3 Å². The first-order chi connectivity index (χ1) is 10.7. The summed E-state index contributed by atoms with van der Waals surface area (Å²) in [7, 11) is 0. The van der Waals surface area contributed by atoms with Gasteiger partial charge in [0.2, 0.25) is 5.91 Å². The van der Waals surface area contributed by atoms with E-state index in [9.17, 15) is 9.59 Å². The first-order valence-electron chi connectivity index (χ1n) is 7.70. The molecule has 3 rings (SSSR count). The van der Waals surface area contributed by atoms with Crippen LogP contribution in [0, 0.1) is 5.92 Å². The normalized spacial score (nSPS) is 22.2. The molecule has 0 aliphatic carbocycles. The number of rotatable bonds is 4. The van der Waals surface area contributed by atoms with Crippen LogP contribution < -0.4 is 5.32 Å². The van der Waals surface area contributed by atoms with E-state index in [2.05, 4.69) is 10.3 Å². The Labute approximate surface area is 139 Å². The third kappa shape index (κ3) is 4.04. The molecule has 1 N–H and O–H groups in total. The van der Waals surface area contributed by atoms with Crippen molar-refractivity contribution in [1.29, 1.82) is 0 Å². The maximum atomic E-state index is 12.2. The maximum Gasteiger partial charge on any atom is 0.221 e. The first kappa shape index (κ1) is 15.9. The highest BCUT2D eigenvalue weighted by atomic mass is 32.2. The molecule has 0 aromatic carbocycles. The summed E-state index contributed by atoms with van der Waals surface area (Å²) >= 11 is 3.42. The van der Waals surface area contributed by atoms with E-state index in [1.807, 2.05) is 23.9 Å². The number of amides is 1. The van der Waals surface area contributed by atoms with Crippen molar-refractivity contribution < 1.29 is 9.59 Å². The van der Waals surface area contributed by atoms with E-state index in [4.69, 9.17) is 0 Å². The van der Waals surface area contributed by atoms with Gasteiger partial charge >= 0.3 is 0 Å². The maximum absolute atomic E-state index is 12.2. The van der Waals surface area contributed by atoms with Gasteiger partial charge in [0.05, 0.1) is 5.25 Å². The lowest BCUT2D eigenvalue weighted by molar-refractivity contribution is -0.125. The number of hydrogen-bond acceptors (Lipinski definition) is 5. The summed E-state index contributed by atoms with van der Waals surface area (Å²) in [5.74, 6) is 3.11. The highest BCUT2D eigenvalue weighted by Crippen LogP contribution is 2.33. The van der Waals surface area contributed by atoms with Gasteiger partial charge in [-0.1, -0.05) is 17.8 Å². The molecular formula is C16H20N2O2S2. The fourth-order valence-corrected chi connectivity index (χ4v) is 5.11. The fourth-order valence-electron chi connectivity index (χ4n) is 2.77. The third-order valence-electron chi connectivity index (χ3n) is 4.13. The number of hydrogen-bond donors (Lipinski definition) is 1. The minimum absolute atomic E-state index is 0.0107. The van der Waals surface area contributed by atoms with Gasteiger partial charge in [0.25, 0.3) is 0 Å². The standard InChI is InChI=1S/C16H20N2O2S2/c19-13-8-12-2-1-5-17-16(12)22-14(13)9-15(20)18-10-11-3-6-21-7-4-11/h1-2,5,11,14H,3-4,6-10H2,(H,18,20). The fraction of sp³-hybridized carbons (Fsp3) is 0.562. The zero-order valence-corrected chi connectivity index (χ0v) is 14.0. The highest BCUT2D eigenvalue weighted by Gasteiger charge is 2.29. The van der Waals surface area contributed by atoms with Crippen molar-refractivity contribution in [3.8, 4) is 0 Å².